The summed E-state index contributed by atoms with van der Waals surface area (Å²) in [5, 5.41) is 0.120. The lowest BCUT2D eigenvalue weighted by Crippen LogP contribution is -2.21. The molecule has 0 amide bonds. The Kier molecular flexibility index (Phi) is 4.16. The number of rotatable bonds is 3. The molecule has 0 radical (unpaired) electrons. The second-order valence-corrected chi connectivity index (χ2v) is 8.25. The van der Waals surface area contributed by atoms with E-state index in [1.165, 1.54) is 12.5 Å². The van der Waals surface area contributed by atoms with Crippen molar-refractivity contribution in [2.24, 2.45) is 12.0 Å². The van der Waals surface area contributed by atoms with E-state index in [4.69, 9.17) is 4.98 Å². The molecule has 0 spiro atoms. The number of hydrogen-bond donors (Lipinski definition) is 0. The zero-order valence-electron chi connectivity index (χ0n) is 14.9. The standard InChI is InChI=1S/C20H18N4O2S/c1-23-18-10-4-3-9-17(18)22-20(23)15-7-5-8-16(13-15)24-12-6-11-21-14-19(24)27(2,25)26/h3-14H,1-2H3. The first kappa shape index (κ1) is 17.2. The van der Waals surface area contributed by atoms with Gasteiger partial charge in [-0.15, -0.1) is 0 Å². The quantitative estimate of drug-likeness (QED) is 0.700. The molecule has 4 rings (SSSR count). The minimum atomic E-state index is -3.45. The van der Waals surface area contributed by atoms with Gasteiger partial charge in [0.2, 0.25) is 0 Å². The molecular formula is C20H18N4O2S. The molecule has 3 aromatic rings. The molecule has 27 heavy (non-hydrogen) atoms. The van der Waals surface area contributed by atoms with Crippen LogP contribution in [0.2, 0.25) is 0 Å². The molecule has 0 saturated heterocycles. The first-order valence-electron chi connectivity index (χ1n) is 8.36. The molecule has 1 aliphatic rings. The predicted molar refractivity (Wildman–Crippen MR) is 109 cm³/mol. The fraction of sp³-hybridized carbons (Fsp3) is 0.100. The van der Waals surface area contributed by atoms with E-state index in [9.17, 15) is 8.42 Å². The van der Waals surface area contributed by atoms with E-state index in [-0.39, 0.29) is 5.03 Å². The monoisotopic (exact) mass is 378 g/mol. The van der Waals surface area contributed by atoms with Crippen molar-refractivity contribution < 1.29 is 8.42 Å². The Bertz CT molecular complexity index is 1220. The lowest BCUT2D eigenvalue weighted by molar-refractivity contribution is 0.606. The summed E-state index contributed by atoms with van der Waals surface area (Å²) >= 11 is 0. The smallest absolute Gasteiger partial charge is 0.192 e. The van der Waals surface area contributed by atoms with Crippen molar-refractivity contribution in [1.82, 2.24) is 9.55 Å². The predicted octanol–water partition coefficient (Wildman–Crippen LogP) is 3.49. The molecule has 0 saturated carbocycles. The second kappa shape index (κ2) is 6.51. The van der Waals surface area contributed by atoms with E-state index in [1.807, 2.05) is 60.1 Å². The van der Waals surface area contributed by atoms with Crippen molar-refractivity contribution >= 4 is 32.8 Å². The number of hydrogen-bond acceptors (Lipinski definition) is 5. The van der Waals surface area contributed by atoms with E-state index in [0.29, 0.717) is 0 Å². The summed E-state index contributed by atoms with van der Waals surface area (Å²) in [6.07, 6.45) is 7.49. The van der Waals surface area contributed by atoms with Crippen LogP contribution in [0, 0.1) is 0 Å². The van der Waals surface area contributed by atoms with Gasteiger partial charge in [0.15, 0.2) is 14.9 Å². The van der Waals surface area contributed by atoms with Crippen LogP contribution >= 0.6 is 0 Å². The van der Waals surface area contributed by atoms with Crippen LogP contribution in [0.25, 0.3) is 22.4 Å². The number of benzene rings is 2. The second-order valence-electron chi connectivity index (χ2n) is 6.28. The van der Waals surface area contributed by atoms with Crippen molar-refractivity contribution in [3.63, 3.8) is 0 Å². The Morgan fingerprint density at radius 3 is 2.63 bits per heavy atom. The number of sulfone groups is 1. The molecule has 0 bridgehead atoms. The van der Waals surface area contributed by atoms with E-state index in [2.05, 4.69) is 4.99 Å². The van der Waals surface area contributed by atoms with Gasteiger partial charge in [-0.05, 0) is 30.3 Å². The highest BCUT2D eigenvalue weighted by Gasteiger charge is 2.21. The zero-order valence-corrected chi connectivity index (χ0v) is 15.8. The van der Waals surface area contributed by atoms with Crippen molar-refractivity contribution in [1.29, 1.82) is 0 Å². The number of fused-ring (bicyclic) bond motifs is 1. The third-order valence-corrected chi connectivity index (χ3v) is 5.44. The molecule has 136 valence electrons. The molecule has 0 atom stereocenters. The van der Waals surface area contributed by atoms with Gasteiger partial charge < -0.3 is 9.47 Å². The van der Waals surface area contributed by atoms with Crippen LogP contribution in [-0.4, -0.2) is 30.4 Å². The molecule has 2 heterocycles. The van der Waals surface area contributed by atoms with Crippen molar-refractivity contribution in [3.8, 4) is 11.4 Å². The Morgan fingerprint density at radius 1 is 1.04 bits per heavy atom. The summed E-state index contributed by atoms with van der Waals surface area (Å²) < 4.78 is 26.5. The summed E-state index contributed by atoms with van der Waals surface area (Å²) in [6.45, 7) is 0. The Morgan fingerprint density at radius 2 is 1.85 bits per heavy atom. The van der Waals surface area contributed by atoms with Gasteiger partial charge in [0.05, 0.1) is 17.2 Å². The highest BCUT2D eigenvalue weighted by Crippen LogP contribution is 2.30. The van der Waals surface area contributed by atoms with E-state index >= 15 is 0 Å². The van der Waals surface area contributed by atoms with Crippen LogP contribution in [0.15, 0.2) is 77.0 Å². The normalized spacial score (nSPS) is 14.4. The molecule has 1 aliphatic heterocycles. The first-order valence-corrected chi connectivity index (χ1v) is 10.3. The van der Waals surface area contributed by atoms with Gasteiger partial charge in [0.1, 0.15) is 5.82 Å². The Labute approximate surface area is 157 Å². The van der Waals surface area contributed by atoms with Crippen molar-refractivity contribution in [2.45, 2.75) is 0 Å². The number of imidazole rings is 1. The summed E-state index contributed by atoms with van der Waals surface area (Å²) in [5.74, 6) is 0.818. The highest BCUT2D eigenvalue weighted by atomic mass is 32.2. The van der Waals surface area contributed by atoms with Crippen LogP contribution in [0.1, 0.15) is 0 Å². The average molecular weight is 378 g/mol. The molecule has 0 aliphatic carbocycles. The average Bonchev–Trinajstić information content (AvgIpc) is 2.83. The summed E-state index contributed by atoms with van der Waals surface area (Å²) in [6, 6.07) is 15.6. The first-order chi connectivity index (χ1) is 12.9. The number of allylic oxidation sites excluding steroid dienone is 1. The largest absolute Gasteiger partial charge is 0.327 e. The van der Waals surface area contributed by atoms with Crippen LogP contribution in [0.3, 0.4) is 0 Å². The number of aromatic nitrogens is 2. The summed E-state index contributed by atoms with van der Waals surface area (Å²) in [5.41, 5.74) is 3.58. The molecule has 7 heteroatoms. The van der Waals surface area contributed by atoms with E-state index in [0.717, 1.165) is 28.1 Å². The molecule has 0 fully saturated rings. The Balaban J connectivity index is 1.84. The fourth-order valence-electron chi connectivity index (χ4n) is 3.10. The Hall–Kier alpha value is -3.19. The minimum Gasteiger partial charge on any atom is -0.327 e. The topological polar surface area (TPSA) is 67.6 Å². The van der Waals surface area contributed by atoms with Crippen molar-refractivity contribution in [3.05, 3.63) is 72.0 Å². The summed E-state index contributed by atoms with van der Waals surface area (Å²) in [4.78, 5) is 10.4. The van der Waals surface area contributed by atoms with Gasteiger partial charge >= 0.3 is 0 Å². The fourth-order valence-corrected chi connectivity index (χ4v) is 3.88. The number of nitrogens with zero attached hydrogens (tertiary/aromatic N) is 4. The maximum absolute atomic E-state index is 12.2. The van der Waals surface area contributed by atoms with Crippen LogP contribution in [-0.2, 0) is 16.9 Å². The number of aryl methyl sites for hydroxylation is 1. The number of aliphatic imine (C=N–C) groups is 1. The van der Waals surface area contributed by atoms with E-state index in [1.54, 1.807) is 23.4 Å². The molecular weight excluding hydrogens is 360 g/mol. The number of anilines is 1. The minimum absolute atomic E-state index is 0.120. The number of para-hydroxylation sites is 2. The highest BCUT2D eigenvalue weighted by molar-refractivity contribution is 7.94. The molecule has 6 nitrogen and oxygen atoms in total. The van der Waals surface area contributed by atoms with E-state index < -0.39 is 9.84 Å². The lowest BCUT2D eigenvalue weighted by atomic mass is 10.2. The SMILES string of the molecule is Cn1c(-c2cccc(N3C=CC=NC=C3S(C)(=O)=O)c2)nc2ccccc21. The lowest BCUT2D eigenvalue weighted by Gasteiger charge is -2.21. The van der Waals surface area contributed by atoms with Crippen LogP contribution in [0.5, 0.6) is 0 Å². The zero-order chi connectivity index (χ0) is 19.0. The third-order valence-electron chi connectivity index (χ3n) is 4.38. The maximum Gasteiger partial charge on any atom is 0.192 e. The molecule has 0 unspecified atom stereocenters. The third kappa shape index (κ3) is 3.17. The van der Waals surface area contributed by atoms with Crippen LogP contribution in [0.4, 0.5) is 5.69 Å². The van der Waals surface area contributed by atoms with Gasteiger partial charge in [-0.2, -0.15) is 0 Å². The molecule has 2 aromatic carbocycles. The molecule has 0 N–H and O–H groups in total. The van der Waals surface area contributed by atoms with Gasteiger partial charge in [-0.25, -0.2) is 13.4 Å². The maximum atomic E-state index is 12.2. The van der Waals surface area contributed by atoms with Gasteiger partial charge in [0, 0.05) is 37.0 Å². The summed E-state index contributed by atoms with van der Waals surface area (Å²) in [7, 11) is -1.48. The molecule has 1 aromatic heterocycles. The van der Waals surface area contributed by atoms with Gasteiger partial charge in [-0.1, -0.05) is 24.3 Å². The van der Waals surface area contributed by atoms with Crippen LogP contribution < -0.4 is 4.90 Å². The van der Waals surface area contributed by atoms with Gasteiger partial charge in [-0.3, -0.25) is 4.99 Å². The van der Waals surface area contributed by atoms with Gasteiger partial charge in [0.25, 0.3) is 0 Å². The van der Waals surface area contributed by atoms with Crippen molar-refractivity contribution in [2.75, 3.05) is 11.2 Å².